The molecule has 2 aliphatic carbocycles. The molecule has 0 spiro atoms. The second-order valence-electron chi connectivity index (χ2n) is 5.87. The lowest BCUT2D eigenvalue weighted by molar-refractivity contribution is 0.431. The maximum atomic E-state index is 12.7. The maximum Gasteiger partial charge on any atom is 0.253 e. The second kappa shape index (κ2) is 6.09. The molecule has 1 aromatic rings. The van der Waals surface area contributed by atoms with Gasteiger partial charge in [0.05, 0.1) is 6.54 Å². The zero-order valence-corrected chi connectivity index (χ0v) is 13.5. The van der Waals surface area contributed by atoms with Crippen LogP contribution in [0.3, 0.4) is 0 Å². The molecule has 1 N–H and O–H groups in total. The molecule has 2 fully saturated rings. The fourth-order valence-electron chi connectivity index (χ4n) is 2.20. The Morgan fingerprint density at radius 3 is 2.76 bits per heavy atom. The van der Waals surface area contributed by atoms with Crippen LogP contribution < -0.4 is 5.32 Å². The zero-order valence-electron chi connectivity index (χ0n) is 11.9. The van der Waals surface area contributed by atoms with Crippen molar-refractivity contribution >= 4 is 21.4 Å². The Kier molecular flexibility index (Phi) is 4.36. The van der Waals surface area contributed by atoms with Gasteiger partial charge in [0.1, 0.15) is 4.21 Å². The number of rotatable bonds is 8. The quantitative estimate of drug-likeness (QED) is 0.745. The van der Waals surface area contributed by atoms with E-state index in [0.29, 0.717) is 22.7 Å². The summed E-state index contributed by atoms with van der Waals surface area (Å²) >= 11 is 1.29. The minimum absolute atomic E-state index is 0.159. The number of nitrogens with zero attached hydrogens (tertiary/aromatic N) is 1. The third kappa shape index (κ3) is 3.86. The van der Waals surface area contributed by atoms with E-state index in [4.69, 9.17) is 6.42 Å². The molecule has 6 heteroatoms. The van der Waals surface area contributed by atoms with Crippen LogP contribution in [0, 0.1) is 18.3 Å². The highest BCUT2D eigenvalue weighted by Crippen LogP contribution is 2.32. The molecule has 0 aliphatic heterocycles. The van der Waals surface area contributed by atoms with E-state index in [-0.39, 0.29) is 6.54 Å². The first-order valence-electron chi connectivity index (χ1n) is 7.34. The van der Waals surface area contributed by atoms with Gasteiger partial charge in [0.2, 0.25) is 0 Å². The normalized spacial score (nSPS) is 18.9. The van der Waals surface area contributed by atoms with E-state index in [9.17, 15) is 8.42 Å². The van der Waals surface area contributed by atoms with Gasteiger partial charge >= 0.3 is 0 Å². The van der Waals surface area contributed by atoms with E-state index in [0.717, 1.165) is 24.9 Å². The monoisotopic (exact) mass is 324 g/mol. The van der Waals surface area contributed by atoms with Crippen LogP contribution in [0.15, 0.2) is 15.7 Å². The van der Waals surface area contributed by atoms with Gasteiger partial charge in [-0.3, -0.25) is 0 Å². The molecule has 0 unspecified atom stereocenters. The van der Waals surface area contributed by atoms with Gasteiger partial charge in [0.25, 0.3) is 10.0 Å². The highest BCUT2D eigenvalue weighted by Gasteiger charge is 2.32. The van der Waals surface area contributed by atoms with Crippen molar-refractivity contribution in [3.05, 3.63) is 17.0 Å². The van der Waals surface area contributed by atoms with E-state index in [1.807, 2.05) is 5.38 Å². The van der Waals surface area contributed by atoms with Crippen molar-refractivity contribution in [2.75, 3.05) is 13.1 Å². The lowest BCUT2D eigenvalue weighted by atomic mass is 10.3. The molecule has 3 rings (SSSR count). The predicted molar refractivity (Wildman–Crippen MR) is 84.5 cm³/mol. The Hall–Kier alpha value is -0.870. The first kappa shape index (κ1) is 15.0. The number of terminal acetylenes is 1. The van der Waals surface area contributed by atoms with Gasteiger partial charge in [0.15, 0.2) is 0 Å². The number of sulfonamides is 1. The van der Waals surface area contributed by atoms with Crippen molar-refractivity contribution in [2.24, 2.45) is 5.92 Å². The molecule has 0 amide bonds. The highest BCUT2D eigenvalue weighted by atomic mass is 32.2. The minimum Gasteiger partial charge on any atom is -0.310 e. The first-order chi connectivity index (χ1) is 10.1. The van der Waals surface area contributed by atoms with Crippen molar-refractivity contribution in [3.8, 4) is 12.3 Å². The maximum absolute atomic E-state index is 12.7. The average Bonchev–Trinajstić information content (AvgIpc) is 3.37. The van der Waals surface area contributed by atoms with Crippen LogP contribution >= 0.6 is 11.3 Å². The van der Waals surface area contributed by atoms with E-state index in [2.05, 4.69) is 11.2 Å². The van der Waals surface area contributed by atoms with Gasteiger partial charge in [0, 0.05) is 19.1 Å². The lowest BCUT2D eigenvalue weighted by Gasteiger charge is -2.18. The molecule has 0 radical (unpaired) electrons. The summed E-state index contributed by atoms with van der Waals surface area (Å²) in [4.78, 5) is 0. The van der Waals surface area contributed by atoms with Gasteiger partial charge < -0.3 is 5.32 Å². The molecule has 0 aromatic carbocycles. The smallest absolute Gasteiger partial charge is 0.253 e. The molecular formula is C15H20N2O2S2. The van der Waals surface area contributed by atoms with Gasteiger partial charge in [-0.2, -0.15) is 4.31 Å². The molecule has 2 saturated carbocycles. The summed E-state index contributed by atoms with van der Waals surface area (Å²) < 4.78 is 27.2. The van der Waals surface area contributed by atoms with Crippen LogP contribution in [0.4, 0.5) is 0 Å². The fraction of sp³-hybridized carbons (Fsp3) is 0.600. The summed E-state index contributed by atoms with van der Waals surface area (Å²) in [7, 11) is -3.44. The van der Waals surface area contributed by atoms with Gasteiger partial charge in [-0.25, -0.2) is 8.42 Å². The molecule has 1 aromatic heterocycles. The molecule has 0 saturated heterocycles. The highest BCUT2D eigenvalue weighted by molar-refractivity contribution is 7.91. The number of nitrogens with one attached hydrogen (secondary N) is 1. The summed E-state index contributed by atoms with van der Waals surface area (Å²) in [6.45, 7) is 1.46. The molecule has 114 valence electrons. The molecular weight excluding hydrogens is 304 g/mol. The third-order valence-corrected chi connectivity index (χ3v) is 7.10. The standard InChI is InChI=1S/C15H20N2O2S2/c1-2-7-17(10-12-3-4-12)21(18,19)15-8-13(11-20-15)9-16-14-5-6-14/h1,8,11-12,14,16H,3-7,9-10H2. The Morgan fingerprint density at radius 1 is 1.38 bits per heavy atom. The molecule has 0 atom stereocenters. The van der Waals surface area contributed by atoms with Crippen LogP contribution in [0.5, 0.6) is 0 Å². The van der Waals surface area contributed by atoms with Crippen LogP contribution in [-0.4, -0.2) is 31.9 Å². The average molecular weight is 324 g/mol. The Morgan fingerprint density at radius 2 is 2.14 bits per heavy atom. The van der Waals surface area contributed by atoms with E-state index in [1.165, 1.54) is 28.5 Å². The fourth-order valence-corrected chi connectivity index (χ4v) is 4.99. The van der Waals surface area contributed by atoms with Crippen molar-refractivity contribution in [1.82, 2.24) is 9.62 Å². The Balaban J connectivity index is 1.70. The summed E-state index contributed by atoms with van der Waals surface area (Å²) in [5.74, 6) is 2.96. The second-order valence-corrected chi connectivity index (χ2v) is 8.95. The topological polar surface area (TPSA) is 49.4 Å². The van der Waals surface area contributed by atoms with E-state index < -0.39 is 10.0 Å². The minimum atomic E-state index is -3.44. The Bertz CT molecular complexity index is 637. The molecule has 2 aliphatic rings. The van der Waals surface area contributed by atoms with Gasteiger partial charge in [-0.05, 0) is 48.6 Å². The summed E-state index contributed by atoms with van der Waals surface area (Å²) in [6.07, 6.45) is 10.0. The summed E-state index contributed by atoms with van der Waals surface area (Å²) in [6, 6.07) is 2.41. The van der Waals surface area contributed by atoms with E-state index >= 15 is 0 Å². The van der Waals surface area contributed by atoms with Crippen LogP contribution in [0.25, 0.3) is 0 Å². The molecule has 0 bridgehead atoms. The van der Waals surface area contributed by atoms with Crippen molar-refractivity contribution < 1.29 is 8.42 Å². The SMILES string of the molecule is C#CCN(CC1CC1)S(=O)(=O)c1cc(CNC2CC2)cs1. The first-order valence-corrected chi connectivity index (χ1v) is 9.66. The Labute approximate surface area is 130 Å². The third-order valence-electron chi connectivity index (χ3n) is 3.82. The summed E-state index contributed by atoms with van der Waals surface area (Å²) in [5.41, 5.74) is 1.04. The van der Waals surface area contributed by atoms with Crippen LogP contribution in [-0.2, 0) is 16.6 Å². The molecule has 1 heterocycles. The lowest BCUT2D eigenvalue weighted by Crippen LogP contribution is -2.32. The van der Waals surface area contributed by atoms with Gasteiger partial charge in [-0.1, -0.05) is 5.92 Å². The van der Waals surface area contributed by atoms with E-state index in [1.54, 1.807) is 6.07 Å². The number of hydrogen-bond acceptors (Lipinski definition) is 4. The van der Waals surface area contributed by atoms with Gasteiger partial charge in [-0.15, -0.1) is 17.8 Å². The largest absolute Gasteiger partial charge is 0.310 e. The summed E-state index contributed by atoms with van der Waals surface area (Å²) in [5, 5.41) is 5.32. The van der Waals surface area contributed by atoms with Crippen molar-refractivity contribution in [2.45, 2.75) is 42.5 Å². The number of hydrogen-bond donors (Lipinski definition) is 1. The zero-order chi connectivity index (χ0) is 14.9. The molecule has 21 heavy (non-hydrogen) atoms. The van der Waals surface area contributed by atoms with Crippen molar-refractivity contribution in [1.29, 1.82) is 0 Å². The number of thiophene rings is 1. The molecule has 4 nitrogen and oxygen atoms in total. The van der Waals surface area contributed by atoms with Crippen LogP contribution in [0.2, 0.25) is 0 Å². The van der Waals surface area contributed by atoms with Crippen LogP contribution in [0.1, 0.15) is 31.2 Å². The predicted octanol–water partition coefficient (Wildman–Crippen LogP) is 2.03. The van der Waals surface area contributed by atoms with Crippen molar-refractivity contribution in [3.63, 3.8) is 0 Å².